The summed E-state index contributed by atoms with van der Waals surface area (Å²) in [5, 5.41) is 0. The summed E-state index contributed by atoms with van der Waals surface area (Å²) < 4.78 is 7.20. The van der Waals surface area contributed by atoms with E-state index >= 15 is 0 Å². The molecule has 1 aromatic carbocycles. The van der Waals surface area contributed by atoms with Crippen molar-refractivity contribution in [2.75, 3.05) is 5.73 Å². The average molecular weight is 323 g/mol. The van der Waals surface area contributed by atoms with E-state index in [-0.39, 0.29) is 23.8 Å². The van der Waals surface area contributed by atoms with Gasteiger partial charge in [-0.1, -0.05) is 18.2 Å². The van der Waals surface area contributed by atoms with Crippen LogP contribution in [0.25, 0.3) is 11.2 Å². The third-order valence-corrected chi connectivity index (χ3v) is 4.22. The molecule has 122 valence electrons. The van der Waals surface area contributed by atoms with Gasteiger partial charge in [0.2, 0.25) is 0 Å². The molecule has 2 heterocycles. The van der Waals surface area contributed by atoms with Gasteiger partial charge in [0, 0.05) is 5.56 Å². The van der Waals surface area contributed by atoms with Crippen molar-refractivity contribution in [3.8, 4) is 6.01 Å². The number of anilines is 1. The Hall–Kier alpha value is -2.96. The van der Waals surface area contributed by atoms with Gasteiger partial charge in [-0.3, -0.25) is 4.79 Å². The van der Waals surface area contributed by atoms with Gasteiger partial charge in [-0.2, -0.15) is 9.97 Å². The second kappa shape index (κ2) is 5.92. The van der Waals surface area contributed by atoms with Gasteiger partial charge >= 0.3 is 6.01 Å². The molecule has 0 atom stereocenters. The van der Waals surface area contributed by atoms with Crippen molar-refractivity contribution in [2.24, 2.45) is 0 Å². The molecule has 0 amide bonds. The zero-order valence-electron chi connectivity index (χ0n) is 13.1. The number of carbonyl (C=O) groups is 1. The van der Waals surface area contributed by atoms with E-state index in [1.807, 2.05) is 18.2 Å². The number of fused-ring (bicyclic) bond motifs is 1. The van der Waals surface area contributed by atoms with Crippen molar-refractivity contribution in [1.82, 2.24) is 19.5 Å². The second-order valence-electron chi connectivity index (χ2n) is 5.87. The molecule has 1 fully saturated rings. The van der Waals surface area contributed by atoms with Crippen LogP contribution in [0.5, 0.6) is 6.01 Å². The van der Waals surface area contributed by atoms with Crippen molar-refractivity contribution < 1.29 is 9.53 Å². The van der Waals surface area contributed by atoms with Crippen LogP contribution in [0, 0.1) is 0 Å². The van der Waals surface area contributed by atoms with Crippen molar-refractivity contribution in [3.05, 3.63) is 42.2 Å². The Morgan fingerprint density at radius 3 is 2.67 bits per heavy atom. The van der Waals surface area contributed by atoms with Gasteiger partial charge in [0.25, 0.3) is 5.91 Å². The van der Waals surface area contributed by atoms with Gasteiger partial charge < -0.3 is 10.5 Å². The molecule has 0 unspecified atom stereocenters. The lowest BCUT2D eigenvalue weighted by molar-refractivity contribution is 0.0963. The minimum absolute atomic E-state index is 0.114. The Labute approximate surface area is 138 Å². The van der Waals surface area contributed by atoms with Crippen molar-refractivity contribution in [3.63, 3.8) is 0 Å². The largest absolute Gasteiger partial charge is 0.460 e. The van der Waals surface area contributed by atoms with Crippen molar-refractivity contribution >= 4 is 22.9 Å². The van der Waals surface area contributed by atoms with E-state index in [1.165, 1.54) is 10.9 Å². The molecule has 1 aliphatic rings. The number of hydrogen-bond donors (Lipinski definition) is 1. The summed E-state index contributed by atoms with van der Waals surface area (Å²) in [6, 6.07) is 9.17. The summed E-state index contributed by atoms with van der Waals surface area (Å²) in [4.78, 5) is 25.4. The zero-order valence-corrected chi connectivity index (χ0v) is 13.1. The SMILES string of the molecule is Nc1nc(OC2CCCC2)nc2c1ncn2C(=O)c1ccccc1. The van der Waals surface area contributed by atoms with Gasteiger partial charge in [-0.25, -0.2) is 9.55 Å². The summed E-state index contributed by atoms with van der Waals surface area (Å²) in [6.07, 6.45) is 5.81. The summed E-state index contributed by atoms with van der Waals surface area (Å²) in [7, 11) is 0. The average Bonchev–Trinajstić information content (AvgIpc) is 3.25. The Morgan fingerprint density at radius 1 is 1.17 bits per heavy atom. The molecule has 0 spiro atoms. The third kappa shape index (κ3) is 2.58. The van der Waals surface area contributed by atoms with Crippen LogP contribution >= 0.6 is 0 Å². The van der Waals surface area contributed by atoms with Crippen molar-refractivity contribution in [1.29, 1.82) is 0 Å². The van der Waals surface area contributed by atoms with E-state index in [9.17, 15) is 4.79 Å². The monoisotopic (exact) mass is 323 g/mol. The highest BCUT2D eigenvalue weighted by molar-refractivity contribution is 6.01. The number of nitrogens with zero attached hydrogens (tertiary/aromatic N) is 4. The Bertz CT molecular complexity index is 885. The molecule has 0 aliphatic heterocycles. The normalized spacial score (nSPS) is 15.0. The van der Waals surface area contributed by atoms with Crippen LogP contribution in [0.1, 0.15) is 36.0 Å². The van der Waals surface area contributed by atoms with Gasteiger partial charge in [0.1, 0.15) is 12.4 Å². The fraction of sp³-hybridized carbons (Fsp3) is 0.294. The van der Waals surface area contributed by atoms with Crippen LogP contribution in [0.2, 0.25) is 0 Å². The summed E-state index contributed by atoms with van der Waals surface area (Å²) in [5.41, 5.74) is 7.28. The van der Waals surface area contributed by atoms with Crippen LogP contribution in [-0.2, 0) is 0 Å². The molecule has 1 saturated carbocycles. The Morgan fingerprint density at radius 2 is 1.92 bits per heavy atom. The standard InChI is InChI=1S/C17H17N5O2/c18-14-13-15(21-17(20-14)24-12-8-4-5-9-12)22(10-19-13)16(23)11-6-2-1-3-7-11/h1-3,6-7,10,12H,4-5,8-9H2,(H2,18,20,21). The highest BCUT2D eigenvalue weighted by Gasteiger charge is 2.21. The van der Waals surface area contributed by atoms with Crippen molar-refractivity contribution in [2.45, 2.75) is 31.8 Å². The van der Waals surface area contributed by atoms with E-state index in [2.05, 4.69) is 15.0 Å². The number of nitrogens with two attached hydrogens (primary N) is 1. The molecule has 24 heavy (non-hydrogen) atoms. The highest BCUT2D eigenvalue weighted by Crippen LogP contribution is 2.25. The van der Waals surface area contributed by atoms with Gasteiger partial charge in [0.15, 0.2) is 17.0 Å². The number of aromatic nitrogens is 4. The molecular weight excluding hydrogens is 306 g/mol. The first-order chi connectivity index (χ1) is 11.7. The number of imidazole rings is 1. The highest BCUT2D eigenvalue weighted by atomic mass is 16.5. The van der Waals surface area contributed by atoms with Gasteiger partial charge in [-0.15, -0.1) is 0 Å². The van der Waals surface area contributed by atoms with E-state index in [1.54, 1.807) is 12.1 Å². The first-order valence-electron chi connectivity index (χ1n) is 7.99. The fourth-order valence-electron chi connectivity index (χ4n) is 2.98. The van der Waals surface area contributed by atoms with Crippen LogP contribution in [-0.4, -0.2) is 31.5 Å². The number of carbonyl (C=O) groups excluding carboxylic acids is 1. The molecule has 3 aromatic rings. The number of rotatable bonds is 3. The Kier molecular flexibility index (Phi) is 3.60. The summed E-state index contributed by atoms with van der Waals surface area (Å²) in [6.45, 7) is 0. The molecule has 0 bridgehead atoms. The third-order valence-electron chi connectivity index (χ3n) is 4.22. The second-order valence-corrected chi connectivity index (χ2v) is 5.87. The minimum atomic E-state index is -0.219. The van der Waals surface area contributed by atoms with Crippen LogP contribution < -0.4 is 10.5 Å². The molecule has 0 saturated heterocycles. The minimum Gasteiger partial charge on any atom is -0.460 e. The molecule has 2 N–H and O–H groups in total. The maximum atomic E-state index is 12.7. The number of benzene rings is 1. The molecule has 4 rings (SSSR count). The first kappa shape index (κ1) is 14.6. The summed E-state index contributed by atoms with van der Waals surface area (Å²) >= 11 is 0. The lowest BCUT2D eigenvalue weighted by atomic mass is 10.2. The maximum Gasteiger partial charge on any atom is 0.320 e. The van der Waals surface area contributed by atoms with E-state index < -0.39 is 0 Å². The van der Waals surface area contributed by atoms with Gasteiger partial charge in [0.05, 0.1) is 0 Å². The lowest BCUT2D eigenvalue weighted by Crippen LogP contribution is -2.15. The van der Waals surface area contributed by atoms with E-state index in [0.717, 1.165) is 25.7 Å². The molecule has 1 aliphatic carbocycles. The van der Waals surface area contributed by atoms with Crippen LogP contribution in [0.4, 0.5) is 5.82 Å². The number of ether oxygens (including phenoxy) is 1. The Balaban J connectivity index is 1.74. The molecule has 7 heteroatoms. The molecule has 0 radical (unpaired) electrons. The summed E-state index contributed by atoms with van der Waals surface area (Å²) in [5.74, 6) is -0.00405. The van der Waals surface area contributed by atoms with E-state index in [4.69, 9.17) is 10.5 Å². The fourth-order valence-corrected chi connectivity index (χ4v) is 2.98. The predicted octanol–water partition coefficient (Wildman–Crippen LogP) is 2.42. The first-order valence-corrected chi connectivity index (χ1v) is 7.99. The van der Waals surface area contributed by atoms with Gasteiger partial charge in [-0.05, 0) is 37.8 Å². The number of hydrogen-bond acceptors (Lipinski definition) is 6. The lowest BCUT2D eigenvalue weighted by Gasteiger charge is -2.11. The van der Waals surface area contributed by atoms with Crippen LogP contribution in [0.15, 0.2) is 36.7 Å². The van der Waals surface area contributed by atoms with E-state index in [0.29, 0.717) is 16.7 Å². The smallest absolute Gasteiger partial charge is 0.320 e. The molecule has 7 nitrogen and oxygen atoms in total. The molecule has 2 aromatic heterocycles. The molecular formula is C17H17N5O2. The number of nitrogen functional groups attached to an aromatic ring is 1. The topological polar surface area (TPSA) is 95.9 Å². The predicted molar refractivity (Wildman–Crippen MR) is 88.8 cm³/mol. The zero-order chi connectivity index (χ0) is 16.5. The quantitative estimate of drug-likeness (QED) is 0.795. The maximum absolute atomic E-state index is 12.7. The van der Waals surface area contributed by atoms with Crippen LogP contribution in [0.3, 0.4) is 0 Å².